The highest BCUT2D eigenvalue weighted by molar-refractivity contribution is 6.30. The molecule has 9 nitrogen and oxygen atoms in total. The second kappa shape index (κ2) is 9.44. The summed E-state index contributed by atoms with van der Waals surface area (Å²) in [5, 5.41) is 17.3. The molecule has 2 atom stereocenters. The molecule has 4 rings (SSSR count). The lowest BCUT2D eigenvalue weighted by Crippen LogP contribution is -2.58. The number of piperazine rings is 1. The van der Waals surface area contributed by atoms with Crippen molar-refractivity contribution in [1.82, 2.24) is 20.2 Å². The van der Waals surface area contributed by atoms with Crippen LogP contribution in [0.5, 0.6) is 0 Å². The highest BCUT2D eigenvalue weighted by atomic mass is 35.5. The SMILES string of the molecule is CC(C)NC[C@@](O)(C(=O)N1CCN(c2ncnc3c2C(C)C(=O)N3)CC1)c1ccc(Cl)c(F)c1. The van der Waals surface area contributed by atoms with Crippen molar-refractivity contribution in [2.45, 2.75) is 38.3 Å². The van der Waals surface area contributed by atoms with Gasteiger partial charge in [0.1, 0.15) is 23.8 Å². The minimum absolute atomic E-state index is 0.00601. The number of carbonyl (C=O) groups excluding carboxylic acids is 2. The highest BCUT2D eigenvalue weighted by Gasteiger charge is 2.43. The van der Waals surface area contributed by atoms with Crippen LogP contribution >= 0.6 is 11.6 Å². The Morgan fingerprint density at radius 1 is 1.32 bits per heavy atom. The Bertz CT molecular complexity index is 1110. The number of hydrogen-bond donors (Lipinski definition) is 3. The largest absolute Gasteiger partial charge is 0.374 e. The molecular formula is C23H28ClFN6O3. The summed E-state index contributed by atoms with van der Waals surface area (Å²) < 4.78 is 14.2. The maximum atomic E-state index is 14.2. The predicted molar refractivity (Wildman–Crippen MR) is 126 cm³/mol. The number of nitrogens with one attached hydrogen (secondary N) is 2. The topological polar surface area (TPSA) is 111 Å². The Morgan fingerprint density at radius 2 is 2.03 bits per heavy atom. The zero-order valence-electron chi connectivity index (χ0n) is 19.3. The lowest BCUT2D eigenvalue weighted by molar-refractivity contribution is -0.152. The molecule has 0 saturated carbocycles. The Labute approximate surface area is 202 Å². The van der Waals surface area contributed by atoms with Gasteiger partial charge < -0.3 is 25.5 Å². The molecule has 1 unspecified atom stereocenters. The van der Waals surface area contributed by atoms with E-state index >= 15 is 0 Å². The fraction of sp³-hybridized carbons (Fsp3) is 0.478. The van der Waals surface area contributed by atoms with Gasteiger partial charge in [-0.25, -0.2) is 14.4 Å². The van der Waals surface area contributed by atoms with Crippen LogP contribution in [-0.4, -0.2) is 70.6 Å². The van der Waals surface area contributed by atoms with Crippen LogP contribution in [-0.2, 0) is 15.2 Å². The van der Waals surface area contributed by atoms with Crippen LogP contribution < -0.4 is 15.5 Å². The third-order valence-corrected chi connectivity index (χ3v) is 6.62. The normalized spacial score (nSPS) is 19.7. The second-order valence-electron chi connectivity index (χ2n) is 8.97. The summed E-state index contributed by atoms with van der Waals surface area (Å²) in [6.45, 7) is 7.09. The average Bonchev–Trinajstić information content (AvgIpc) is 3.12. The van der Waals surface area contributed by atoms with Crippen LogP contribution in [0.3, 0.4) is 0 Å². The zero-order chi connectivity index (χ0) is 24.6. The van der Waals surface area contributed by atoms with E-state index in [1.807, 2.05) is 18.7 Å². The molecule has 1 fully saturated rings. The van der Waals surface area contributed by atoms with Crippen molar-refractivity contribution in [3.8, 4) is 0 Å². The van der Waals surface area contributed by atoms with E-state index in [-0.39, 0.29) is 35.0 Å². The maximum absolute atomic E-state index is 14.2. The molecule has 0 radical (unpaired) electrons. The minimum Gasteiger partial charge on any atom is -0.374 e. The molecule has 3 N–H and O–H groups in total. The van der Waals surface area contributed by atoms with Gasteiger partial charge in [-0.2, -0.15) is 0 Å². The van der Waals surface area contributed by atoms with Crippen LogP contribution in [0.1, 0.15) is 37.8 Å². The molecule has 2 aromatic rings. The number of anilines is 2. The van der Waals surface area contributed by atoms with E-state index in [0.717, 1.165) is 11.6 Å². The van der Waals surface area contributed by atoms with E-state index in [0.29, 0.717) is 37.8 Å². The quantitative estimate of drug-likeness (QED) is 0.566. The van der Waals surface area contributed by atoms with Crippen molar-refractivity contribution in [2.75, 3.05) is 42.9 Å². The number of aromatic nitrogens is 2. The molecule has 1 aromatic heterocycles. The van der Waals surface area contributed by atoms with Gasteiger partial charge in [-0.3, -0.25) is 9.59 Å². The summed E-state index contributed by atoms with van der Waals surface area (Å²) in [6.07, 6.45) is 1.41. The number of benzene rings is 1. The number of hydrogen-bond acceptors (Lipinski definition) is 7. The summed E-state index contributed by atoms with van der Waals surface area (Å²) >= 11 is 5.81. The highest BCUT2D eigenvalue weighted by Crippen LogP contribution is 2.37. The molecule has 3 heterocycles. The van der Waals surface area contributed by atoms with Gasteiger partial charge >= 0.3 is 0 Å². The van der Waals surface area contributed by atoms with Crippen molar-refractivity contribution >= 4 is 35.1 Å². The van der Waals surface area contributed by atoms with Gasteiger partial charge in [-0.15, -0.1) is 0 Å². The molecule has 182 valence electrons. The number of halogens is 2. The van der Waals surface area contributed by atoms with Crippen molar-refractivity contribution in [1.29, 1.82) is 0 Å². The first-order valence-electron chi connectivity index (χ1n) is 11.2. The second-order valence-corrected chi connectivity index (χ2v) is 9.38. The number of aliphatic hydroxyl groups is 1. The van der Waals surface area contributed by atoms with Crippen molar-refractivity contribution in [2.24, 2.45) is 0 Å². The Kier molecular flexibility index (Phi) is 6.75. The van der Waals surface area contributed by atoms with E-state index in [1.165, 1.54) is 18.5 Å². The smallest absolute Gasteiger partial charge is 0.260 e. The first kappa shape index (κ1) is 24.3. The Balaban J connectivity index is 1.54. The van der Waals surface area contributed by atoms with Crippen molar-refractivity contribution in [3.63, 3.8) is 0 Å². The molecule has 1 saturated heterocycles. The van der Waals surface area contributed by atoms with Crippen LogP contribution in [0.2, 0.25) is 5.02 Å². The maximum Gasteiger partial charge on any atom is 0.260 e. The first-order valence-corrected chi connectivity index (χ1v) is 11.6. The fourth-order valence-corrected chi connectivity index (χ4v) is 4.40. The predicted octanol–water partition coefficient (Wildman–Crippen LogP) is 1.86. The number of rotatable bonds is 6. The van der Waals surface area contributed by atoms with E-state index in [1.54, 1.807) is 11.8 Å². The average molecular weight is 491 g/mol. The summed E-state index contributed by atoms with van der Waals surface area (Å²) in [4.78, 5) is 37.8. The van der Waals surface area contributed by atoms with Gasteiger partial charge in [-0.1, -0.05) is 31.5 Å². The molecule has 0 bridgehead atoms. The molecule has 2 amide bonds. The molecular weight excluding hydrogens is 463 g/mol. The van der Waals surface area contributed by atoms with Crippen LogP contribution in [0.4, 0.5) is 16.0 Å². The third-order valence-electron chi connectivity index (χ3n) is 6.31. The number of carbonyl (C=O) groups is 2. The van der Waals surface area contributed by atoms with E-state index < -0.39 is 17.3 Å². The van der Waals surface area contributed by atoms with Gasteiger partial charge in [0.15, 0.2) is 5.60 Å². The van der Waals surface area contributed by atoms with Gasteiger partial charge in [0.2, 0.25) is 5.91 Å². The molecule has 2 aliphatic heterocycles. The van der Waals surface area contributed by atoms with Gasteiger partial charge in [0.25, 0.3) is 5.91 Å². The van der Waals surface area contributed by atoms with E-state index in [9.17, 15) is 19.1 Å². The van der Waals surface area contributed by atoms with Gasteiger partial charge in [0.05, 0.1) is 10.9 Å². The summed E-state index contributed by atoms with van der Waals surface area (Å²) in [5.41, 5.74) is -1.07. The van der Waals surface area contributed by atoms with E-state index in [2.05, 4.69) is 20.6 Å². The van der Waals surface area contributed by atoms with Crippen molar-refractivity contribution in [3.05, 3.63) is 46.5 Å². The van der Waals surface area contributed by atoms with Crippen LogP contribution in [0.25, 0.3) is 0 Å². The summed E-state index contributed by atoms with van der Waals surface area (Å²) in [7, 11) is 0. The standard InChI is InChI=1S/C23H28ClFN6O3/c1-13(2)26-11-23(34,15-4-5-16(24)17(25)10-15)22(33)31-8-6-30(7-9-31)20-18-14(3)21(32)29-19(18)27-12-28-20/h4-5,10,12-14,26,34H,6-9,11H2,1-3H3,(H,27,28,29,32)/t14?,23-/m0/s1. The zero-order valence-corrected chi connectivity index (χ0v) is 20.1. The number of fused-ring (bicyclic) bond motifs is 1. The van der Waals surface area contributed by atoms with Gasteiger partial charge in [-0.05, 0) is 24.6 Å². The number of nitrogens with zero attached hydrogens (tertiary/aromatic N) is 4. The summed E-state index contributed by atoms with van der Waals surface area (Å²) in [6, 6.07) is 3.92. The van der Waals surface area contributed by atoms with Crippen LogP contribution in [0, 0.1) is 5.82 Å². The summed E-state index contributed by atoms with van der Waals surface area (Å²) in [5.74, 6) is -0.518. The molecule has 2 aliphatic rings. The van der Waals surface area contributed by atoms with Gasteiger partial charge in [0, 0.05) is 44.3 Å². The minimum atomic E-state index is -1.96. The Hall–Kier alpha value is -2.82. The fourth-order valence-electron chi connectivity index (χ4n) is 4.28. The van der Waals surface area contributed by atoms with Crippen molar-refractivity contribution < 1.29 is 19.1 Å². The number of amides is 2. The lowest BCUT2D eigenvalue weighted by atomic mass is 9.91. The third kappa shape index (κ3) is 4.45. The molecule has 34 heavy (non-hydrogen) atoms. The Morgan fingerprint density at radius 3 is 2.68 bits per heavy atom. The molecule has 0 aliphatic carbocycles. The lowest BCUT2D eigenvalue weighted by Gasteiger charge is -2.40. The van der Waals surface area contributed by atoms with E-state index in [4.69, 9.17) is 11.6 Å². The van der Waals surface area contributed by atoms with Crippen LogP contribution in [0.15, 0.2) is 24.5 Å². The molecule has 0 spiro atoms. The molecule has 1 aromatic carbocycles. The first-order chi connectivity index (χ1) is 16.1. The molecule has 11 heteroatoms. The monoisotopic (exact) mass is 490 g/mol.